The third kappa shape index (κ3) is 4.02. The second-order valence-electron chi connectivity index (χ2n) is 10.1. The van der Waals surface area contributed by atoms with Crippen molar-refractivity contribution in [3.05, 3.63) is 30.0 Å². The standard InChI is InChI=1S/C25H37N5O/c1-27(2)25(31)26-20-9-7-18(8-10-20)11-12-29-13-14-30-21(17-29)15-19-16-28(3)22-5-4-6-23(30)24(19)22/h4-6,16,18,20-21H,7-15,17H2,1-3H3,(H,26,31)/t18-,20-,21?. The summed E-state index contributed by atoms with van der Waals surface area (Å²) in [6.07, 6.45) is 9.56. The Morgan fingerprint density at radius 1 is 1.16 bits per heavy atom. The van der Waals surface area contributed by atoms with Gasteiger partial charge in [-0.2, -0.15) is 0 Å². The number of urea groups is 1. The van der Waals surface area contributed by atoms with Crippen LogP contribution in [-0.2, 0) is 13.5 Å². The molecule has 1 unspecified atom stereocenters. The fourth-order valence-electron chi connectivity index (χ4n) is 6.05. The summed E-state index contributed by atoms with van der Waals surface area (Å²) in [5.74, 6) is 0.811. The van der Waals surface area contributed by atoms with Gasteiger partial charge in [0.05, 0.1) is 5.52 Å². The molecule has 0 spiro atoms. The summed E-state index contributed by atoms with van der Waals surface area (Å²) in [6.45, 7) is 4.71. The van der Waals surface area contributed by atoms with Crippen molar-refractivity contribution in [2.75, 3.05) is 45.2 Å². The van der Waals surface area contributed by atoms with Crippen LogP contribution in [0.15, 0.2) is 24.4 Å². The molecule has 0 radical (unpaired) electrons. The van der Waals surface area contributed by atoms with Gasteiger partial charge in [0.2, 0.25) is 0 Å². The summed E-state index contributed by atoms with van der Waals surface area (Å²) in [5, 5.41) is 4.64. The normalized spacial score (nSPS) is 26.0. The van der Waals surface area contributed by atoms with Crippen LogP contribution in [0.5, 0.6) is 0 Å². The highest BCUT2D eigenvalue weighted by molar-refractivity contribution is 5.97. The van der Waals surface area contributed by atoms with Crippen LogP contribution in [0, 0.1) is 5.92 Å². The summed E-state index contributed by atoms with van der Waals surface area (Å²) in [6, 6.07) is 7.80. The van der Waals surface area contributed by atoms with Gasteiger partial charge in [0.15, 0.2) is 0 Å². The van der Waals surface area contributed by atoms with Crippen molar-refractivity contribution in [3.63, 3.8) is 0 Å². The maximum atomic E-state index is 11.9. The van der Waals surface area contributed by atoms with Crippen molar-refractivity contribution in [1.29, 1.82) is 0 Å². The van der Waals surface area contributed by atoms with Gasteiger partial charge in [-0.05, 0) is 68.7 Å². The zero-order chi connectivity index (χ0) is 21.5. The van der Waals surface area contributed by atoms with E-state index in [-0.39, 0.29) is 6.03 Å². The highest BCUT2D eigenvalue weighted by Crippen LogP contribution is 2.38. The Labute approximate surface area is 186 Å². The zero-order valence-corrected chi connectivity index (χ0v) is 19.3. The van der Waals surface area contributed by atoms with Gasteiger partial charge in [0.25, 0.3) is 0 Å². The number of nitrogens with one attached hydrogen (secondary N) is 1. The number of rotatable bonds is 4. The van der Waals surface area contributed by atoms with E-state index in [9.17, 15) is 4.79 Å². The predicted molar refractivity (Wildman–Crippen MR) is 127 cm³/mol. The molecule has 6 nitrogen and oxygen atoms in total. The van der Waals surface area contributed by atoms with E-state index in [2.05, 4.69) is 51.1 Å². The van der Waals surface area contributed by atoms with Crippen molar-refractivity contribution in [3.8, 4) is 0 Å². The van der Waals surface area contributed by atoms with Gasteiger partial charge in [-0.3, -0.25) is 4.90 Å². The molecule has 1 saturated heterocycles. The third-order valence-electron chi connectivity index (χ3n) is 7.84. The number of carbonyl (C=O) groups is 1. The number of hydrogen-bond acceptors (Lipinski definition) is 3. The van der Waals surface area contributed by atoms with E-state index in [0.717, 1.165) is 25.3 Å². The minimum atomic E-state index is 0.0473. The molecule has 1 atom stereocenters. The molecule has 168 valence electrons. The Bertz CT molecular complexity index is 943. The van der Waals surface area contributed by atoms with Crippen molar-refractivity contribution >= 4 is 22.6 Å². The van der Waals surface area contributed by atoms with Crippen LogP contribution < -0.4 is 10.2 Å². The largest absolute Gasteiger partial charge is 0.365 e. The maximum absolute atomic E-state index is 11.9. The zero-order valence-electron chi connectivity index (χ0n) is 19.3. The number of benzene rings is 1. The molecule has 1 saturated carbocycles. The molecule has 2 aromatic rings. The smallest absolute Gasteiger partial charge is 0.317 e. The van der Waals surface area contributed by atoms with E-state index in [1.807, 2.05) is 14.1 Å². The number of hydrogen-bond donors (Lipinski definition) is 1. The minimum Gasteiger partial charge on any atom is -0.365 e. The lowest BCUT2D eigenvalue weighted by Crippen LogP contribution is -2.55. The van der Waals surface area contributed by atoms with Crippen LogP contribution in [0.25, 0.3) is 10.9 Å². The molecule has 2 aliphatic heterocycles. The molecule has 1 aromatic carbocycles. The van der Waals surface area contributed by atoms with Gasteiger partial charge in [0, 0.05) is 70.1 Å². The van der Waals surface area contributed by atoms with Crippen molar-refractivity contribution in [2.24, 2.45) is 13.0 Å². The first-order chi connectivity index (χ1) is 15.0. The maximum Gasteiger partial charge on any atom is 0.317 e. The van der Waals surface area contributed by atoms with Crippen LogP contribution in [-0.4, -0.2) is 72.8 Å². The van der Waals surface area contributed by atoms with Crippen LogP contribution in [0.2, 0.25) is 0 Å². The Morgan fingerprint density at radius 2 is 1.97 bits per heavy atom. The number of amides is 2. The molecule has 1 aromatic heterocycles. The summed E-state index contributed by atoms with van der Waals surface area (Å²) in [4.78, 5) is 18.9. The Kier molecular flexibility index (Phi) is 5.59. The van der Waals surface area contributed by atoms with Gasteiger partial charge in [-0.25, -0.2) is 4.79 Å². The minimum absolute atomic E-state index is 0.0473. The van der Waals surface area contributed by atoms with Crippen LogP contribution in [0.1, 0.15) is 37.7 Å². The number of aryl methyl sites for hydroxylation is 1. The summed E-state index contributed by atoms with van der Waals surface area (Å²) in [5.41, 5.74) is 4.34. The SMILES string of the molecule is CN(C)C(=O)N[C@H]1CC[C@H](CCN2CCN3c4cccc5c4c(cn5C)CC3C2)CC1. The third-order valence-corrected chi connectivity index (χ3v) is 7.84. The molecule has 3 aliphatic rings. The predicted octanol–water partition coefficient (Wildman–Crippen LogP) is 3.45. The number of piperazine rings is 1. The number of fused-ring (bicyclic) bond motifs is 2. The van der Waals surface area contributed by atoms with Gasteiger partial charge < -0.3 is 19.7 Å². The Hall–Kier alpha value is -2.21. The molecule has 31 heavy (non-hydrogen) atoms. The number of carbonyl (C=O) groups excluding carboxylic acids is 1. The second kappa shape index (κ2) is 8.38. The average Bonchev–Trinajstić information content (AvgIpc) is 3.09. The Balaban J connectivity index is 1.13. The van der Waals surface area contributed by atoms with Gasteiger partial charge in [-0.1, -0.05) is 6.07 Å². The molecule has 1 aliphatic carbocycles. The van der Waals surface area contributed by atoms with E-state index in [1.54, 1.807) is 4.90 Å². The monoisotopic (exact) mass is 423 g/mol. The van der Waals surface area contributed by atoms with Gasteiger partial charge in [0.1, 0.15) is 0 Å². The summed E-state index contributed by atoms with van der Waals surface area (Å²) >= 11 is 0. The molecule has 2 fully saturated rings. The molecule has 5 rings (SSSR count). The quantitative estimate of drug-likeness (QED) is 0.819. The Morgan fingerprint density at radius 3 is 2.74 bits per heavy atom. The molecule has 6 heteroatoms. The lowest BCUT2D eigenvalue weighted by molar-refractivity contribution is 0.184. The van der Waals surface area contributed by atoms with Crippen LogP contribution >= 0.6 is 0 Å². The van der Waals surface area contributed by atoms with E-state index < -0.39 is 0 Å². The summed E-state index contributed by atoms with van der Waals surface area (Å²) in [7, 11) is 5.80. The van der Waals surface area contributed by atoms with E-state index in [4.69, 9.17) is 0 Å². The topological polar surface area (TPSA) is 43.8 Å². The lowest BCUT2D eigenvalue weighted by Gasteiger charge is -2.45. The number of aromatic nitrogens is 1. The van der Waals surface area contributed by atoms with Gasteiger partial charge >= 0.3 is 6.03 Å². The molecule has 2 amide bonds. The number of nitrogens with zero attached hydrogens (tertiary/aromatic N) is 4. The van der Waals surface area contributed by atoms with E-state index >= 15 is 0 Å². The molecule has 1 N–H and O–H groups in total. The second-order valence-corrected chi connectivity index (χ2v) is 10.1. The average molecular weight is 424 g/mol. The van der Waals surface area contributed by atoms with Crippen molar-refractivity contribution in [1.82, 2.24) is 19.7 Å². The van der Waals surface area contributed by atoms with Crippen molar-refractivity contribution < 1.29 is 4.79 Å². The van der Waals surface area contributed by atoms with E-state index in [0.29, 0.717) is 12.1 Å². The highest BCUT2D eigenvalue weighted by Gasteiger charge is 2.33. The first-order valence-corrected chi connectivity index (χ1v) is 12.0. The van der Waals surface area contributed by atoms with Crippen molar-refractivity contribution in [2.45, 2.75) is 50.6 Å². The molecular weight excluding hydrogens is 386 g/mol. The molecule has 0 bridgehead atoms. The summed E-state index contributed by atoms with van der Waals surface area (Å²) < 4.78 is 2.29. The fraction of sp³-hybridized carbons (Fsp3) is 0.640. The number of anilines is 1. The van der Waals surface area contributed by atoms with Gasteiger partial charge in [-0.15, -0.1) is 0 Å². The molecule has 3 heterocycles. The fourth-order valence-corrected chi connectivity index (χ4v) is 6.05. The van der Waals surface area contributed by atoms with Crippen LogP contribution in [0.3, 0.4) is 0 Å². The lowest BCUT2D eigenvalue weighted by atomic mass is 9.84. The first kappa shape index (κ1) is 20.7. The highest BCUT2D eigenvalue weighted by atomic mass is 16.2. The molecular formula is C25H37N5O. The van der Waals surface area contributed by atoms with Crippen LogP contribution in [0.4, 0.5) is 10.5 Å². The van der Waals surface area contributed by atoms with E-state index in [1.165, 1.54) is 67.5 Å². The first-order valence-electron chi connectivity index (χ1n) is 12.0.